The Kier molecular flexibility index (Phi) is 4.53. The van der Waals surface area contributed by atoms with Crippen LogP contribution in [0, 0.1) is 0 Å². The molecule has 0 saturated heterocycles. The molecule has 1 fully saturated rings. The van der Waals surface area contributed by atoms with E-state index in [-0.39, 0.29) is 12.1 Å². The van der Waals surface area contributed by atoms with Crippen molar-refractivity contribution in [1.29, 1.82) is 0 Å². The molecule has 2 atom stereocenters. The van der Waals surface area contributed by atoms with Crippen LogP contribution in [-0.4, -0.2) is 28.5 Å². The molecule has 2 N–H and O–H groups in total. The van der Waals surface area contributed by atoms with Gasteiger partial charge in [-0.2, -0.15) is 0 Å². The number of hydrogen-bond donors (Lipinski definition) is 2. The summed E-state index contributed by atoms with van der Waals surface area (Å²) < 4.78 is 1.40. The molecule has 1 aliphatic carbocycles. The maximum atomic E-state index is 9.64. The van der Waals surface area contributed by atoms with Crippen molar-refractivity contribution in [3.05, 3.63) is 17.5 Å². The second-order valence-corrected chi connectivity index (χ2v) is 7.70. The largest absolute Gasteiger partial charge is 0.394 e. The van der Waals surface area contributed by atoms with E-state index >= 15 is 0 Å². The maximum absolute atomic E-state index is 9.64. The summed E-state index contributed by atoms with van der Waals surface area (Å²) in [5.41, 5.74) is -0.0386. The Morgan fingerprint density at radius 2 is 2.47 bits per heavy atom. The van der Waals surface area contributed by atoms with E-state index in [2.05, 4.69) is 36.7 Å². The summed E-state index contributed by atoms with van der Waals surface area (Å²) in [6, 6.07) is 4.73. The molecule has 4 heteroatoms. The highest BCUT2D eigenvalue weighted by Crippen LogP contribution is 2.41. The normalized spacial score (nSPS) is 29.1. The minimum atomic E-state index is -0.0386. The molecular weight excluding hydrogens is 250 g/mol. The van der Waals surface area contributed by atoms with E-state index in [1.165, 1.54) is 10.6 Å². The van der Waals surface area contributed by atoms with E-state index in [4.69, 9.17) is 0 Å². The molecule has 0 amide bonds. The summed E-state index contributed by atoms with van der Waals surface area (Å²) in [4.78, 5) is 0. The summed E-state index contributed by atoms with van der Waals surface area (Å²) in [5, 5.41) is 16.0. The fourth-order valence-corrected chi connectivity index (χ4v) is 4.97. The van der Waals surface area contributed by atoms with E-state index < -0.39 is 0 Å². The van der Waals surface area contributed by atoms with Gasteiger partial charge < -0.3 is 10.4 Å². The first-order valence-corrected chi connectivity index (χ1v) is 7.98. The highest BCUT2D eigenvalue weighted by molar-refractivity contribution is 8.01. The minimum Gasteiger partial charge on any atom is -0.394 e. The highest BCUT2D eigenvalue weighted by atomic mass is 32.2. The number of hydrogen-bond acceptors (Lipinski definition) is 4. The van der Waals surface area contributed by atoms with Gasteiger partial charge in [0, 0.05) is 16.8 Å². The molecule has 2 nitrogen and oxygen atoms in total. The second-order valence-electron chi connectivity index (χ2n) is 5.15. The Morgan fingerprint density at radius 1 is 1.65 bits per heavy atom. The highest BCUT2D eigenvalue weighted by Gasteiger charge is 2.39. The van der Waals surface area contributed by atoms with Gasteiger partial charge in [-0.05, 0) is 30.7 Å². The standard InChI is InChI=1S/C13H21NOS2/c1-10(2)14-13(9-15)6-5-11(8-13)17-12-4-3-7-16-12/h3-4,7,10-11,14-15H,5-6,8-9H2,1-2H3. The number of aliphatic hydroxyl groups excluding tert-OH is 1. The lowest BCUT2D eigenvalue weighted by Crippen LogP contribution is -2.49. The van der Waals surface area contributed by atoms with E-state index in [0.29, 0.717) is 11.3 Å². The first-order valence-electron chi connectivity index (χ1n) is 6.22. The molecule has 1 aromatic rings. The van der Waals surface area contributed by atoms with Crippen LogP contribution in [0.2, 0.25) is 0 Å². The molecule has 1 aliphatic rings. The summed E-state index contributed by atoms with van der Waals surface area (Å²) in [6.45, 7) is 4.56. The fraction of sp³-hybridized carbons (Fsp3) is 0.692. The average molecular weight is 271 g/mol. The van der Waals surface area contributed by atoms with Crippen molar-refractivity contribution >= 4 is 23.1 Å². The van der Waals surface area contributed by atoms with E-state index in [1.54, 1.807) is 0 Å². The van der Waals surface area contributed by atoms with E-state index in [1.807, 2.05) is 23.1 Å². The minimum absolute atomic E-state index is 0.0386. The van der Waals surface area contributed by atoms with Crippen molar-refractivity contribution in [3.63, 3.8) is 0 Å². The monoisotopic (exact) mass is 271 g/mol. The van der Waals surface area contributed by atoms with Crippen LogP contribution in [0.15, 0.2) is 21.7 Å². The van der Waals surface area contributed by atoms with Crippen molar-refractivity contribution in [1.82, 2.24) is 5.32 Å². The third-order valence-corrected chi connectivity index (χ3v) is 5.58. The Hall–Kier alpha value is -0.0300. The number of nitrogens with one attached hydrogen (secondary N) is 1. The third-order valence-electron chi connectivity index (χ3n) is 3.24. The number of aliphatic hydroxyl groups is 1. The zero-order chi connectivity index (χ0) is 12.3. The molecular formula is C13H21NOS2. The molecule has 1 saturated carbocycles. The number of thiophene rings is 1. The van der Waals surface area contributed by atoms with Crippen molar-refractivity contribution in [2.45, 2.75) is 54.1 Å². The Labute approximate surface area is 112 Å². The van der Waals surface area contributed by atoms with Crippen LogP contribution < -0.4 is 5.32 Å². The molecule has 0 aliphatic heterocycles. The average Bonchev–Trinajstić information content (AvgIpc) is 2.89. The molecule has 1 heterocycles. The van der Waals surface area contributed by atoms with Gasteiger partial charge in [-0.1, -0.05) is 19.9 Å². The SMILES string of the molecule is CC(C)NC1(CO)CCC(Sc2cccs2)C1. The van der Waals surface area contributed by atoms with Crippen LogP contribution in [0.25, 0.3) is 0 Å². The molecule has 0 radical (unpaired) electrons. The second kappa shape index (κ2) is 5.74. The van der Waals surface area contributed by atoms with E-state index in [0.717, 1.165) is 12.8 Å². The van der Waals surface area contributed by atoms with Gasteiger partial charge >= 0.3 is 0 Å². The first-order chi connectivity index (χ1) is 8.13. The van der Waals surface area contributed by atoms with Crippen LogP contribution >= 0.6 is 23.1 Å². The van der Waals surface area contributed by atoms with Crippen LogP contribution in [0.3, 0.4) is 0 Å². The maximum Gasteiger partial charge on any atom is 0.0613 e. The molecule has 96 valence electrons. The van der Waals surface area contributed by atoms with Gasteiger partial charge in [0.2, 0.25) is 0 Å². The first kappa shape index (κ1) is 13.4. The van der Waals surface area contributed by atoms with E-state index in [9.17, 15) is 5.11 Å². The van der Waals surface area contributed by atoms with Gasteiger partial charge in [-0.3, -0.25) is 0 Å². The van der Waals surface area contributed by atoms with Gasteiger partial charge in [0.15, 0.2) is 0 Å². The van der Waals surface area contributed by atoms with Crippen LogP contribution in [0.1, 0.15) is 33.1 Å². The molecule has 17 heavy (non-hydrogen) atoms. The summed E-state index contributed by atoms with van der Waals surface area (Å²) >= 11 is 3.78. The molecule has 1 aromatic heterocycles. The zero-order valence-corrected chi connectivity index (χ0v) is 12.1. The van der Waals surface area contributed by atoms with Gasteiger partial charge in [-0.25, -0.2) is 0 Å². The van der Waals surface area contributed by atoms with Crippen molar-refractivity contribution in [3.8, 4) is 0 Å². The van der Waals surface area contributed by atoms with Crippen molar-refractivity contribution in [2.24, 2.45) is 0 Å². The van der Waals surface area contributed by atoms with Crippen molar-refractivity contribution in [2.75, 3.05) is 6.61 Å². The Bertz CT molecular complexity index is 339. The Balaban J connectivity index is 1.93. The summed E-state index contributed by atoms with van der Waals surface area (Å²) in [7, 11) is 0. The topological polar surface area (TPSA) is 32.3 Å². The third kappa shape index (κ3) is 3.47. The summed E-state index contributed by atoms with van der Waals surface area (Å²) in [5.74, 6) is 0. The van der Waals surface area contributed by atoms with Crippen LogP contribution in [0.5, 0.6) is 0 Å². The quantitative estimate of drug-likeness (QED) is 0.863. The molecule has 0 spiro atoms. The molecule has 0 aromatic carbocycles. The predicted molar refractivity (Wildman–Crippen MR) is 75.9 cm³/mol. The lowest BCUT2D eigenvalue weighted by Gasteiger charge is -2.31. The molecule has 2 rings (SSSR count). The fourth-order valence-electron chi connectivity index (χ4n) is 2.61. The molecule has 0 bridgehead atoms. The van der Waals surface area contributed by atoms with Crippen LogP contribution in [-0.2, 0) is 0 Å². The van der Waals surface area contributed by atoms with Crippen LogP contribution in [0.4, 0.5) is 0 Å². The lowest BCUT2D eigenvalue weighted by molar-refractivity contribution is 0.156. The zero-order valence-electron chi connectivity index (χ0n) is 10.5. The number of rotatable bonds is 5. The smallest absolute Gasteiger partial charge is 0.0613 e. The van der Waals surface area contributed by atoms with Gasteiger partial charge in [0.1, 0.15) is 0 Å². The lowest BCUT2D eigenvalue weighted by atomic mass is 9.98. The predicted octanol–water partition coefficient (Wildman–Crippen LogP) is 3.12. The van der Waals surface area contributed by atoms with Crippen molar-refractivity contribution < 1.29 is 5.11 Å². The van der Waals surface area contributed by atoms with Gasteiger partial charge in [0.25, 0.3) is 0 Å². The van der Waals surface area contributed by atoms with Gasteiger partial charge in [0.05, 0.1) is 10.8 Å². The molecule has 2 unspecified atom stereocenters. The van der Waals surface area contributed by atoms with Gasteiger partial charge in [-0.15, -0.1) is 23.1 Å². The number of thioether (sulfide) groups is 1. The summed E-state index contributed by atoms with van der Waals surface area (Å²) in [6.07, 6.45) is 3.36. The Morgan fingerprint density at radius 3 is 3.06 bits per heavy atom.